The maximum absolute atomic E-state index is 13.0. The summed E-state index contributed by atoms with van der Waals surface area (Å²) >= 11 is 2.04. The molecule has 19 heavy (non-hydrogen) atoms. The lowest BCUT2D eigenvalue weighted by atomic mass is 9.97. The minimum atomic E-state index is -0.176. The van der Waals surface area contributed by atoms with Crippen molar-refractivity contribution in [3.8, 4) is 0 Å². The molecule has 108 valence electrons. The van der Waals surface area contributed by atoms with Gasteiger partial charge in [-0.1, -0.05) is 26.2 Å². The minimum Gasteiger partial charge on any atom is -0.322 e. The fraction of sp³-hybridized carbons (Fsp3) is 0.933. The van der Waals surface area contributed by atoms with Gasteiger partial charge in [-0.25, -0.2) is 0 Å². The largest absolute Gasteiger partial charge is 0.322 e. The second kappa shape index (κ2) is 5.65. The van der Waals surface area contributed by atoms with Crippen molar-refractivity contribution in [1.82, 2.24) is 10.2 Å². The monoisotopic (exact) mass is 282 g/mol. The van der Waals surface area contributed by atoms with Crippen LogP contribution in [0.25, 0.3) is 0 Å². The summed E-state index contributed by atoms with van der Waals surface area (Å²) in [4.78, 5) is 15.2. The summed E-state index contributed by atoms with van der Waals surface area (Å²) in [6, 6.07) is 0.498. The van der Waals surface area contributed by atoms with Crippen LogP contribution < -0.4 is 5.32 Å². The number of amides is 1. The molecule has 0 radical (unpaired) electrons. The Hall–Kier alpha value is -0.220. The summed E-state index contributed by atoms with van der Waals surface area (Å²) in [6.07, 6.45) is 9.49. The maximum Gasteiger partial charge on any atom is 0.244 e. The Morgan fingerprint density at radius 2 is 2.00 bits per heavy atom. The number of nitrogens with zero attached hydrogens (tertiary/aromatic N) is 1. The van der Waals surface area contributed by atoms with Gasteiger partial charge in [0.2, 0.25) is 5.91 Å². The summed E-state index contributed by atoms with van der Waals surface area (Å²) in [5.74, 6) is 2.88. The number of thioether (sulfide) groups is 1. The van der Waals surface area contributed by atoms with Crippen molar-refractivity contribution < 1.29 is 4.79 Å². The first-order valence-corrected chi connectivity index (χ1v) is 9.10. The van der Waals surface area contributed by atoms with Crippen molar-refractivity contribution in [1.29, 1.82) is 0 Å². The average Bonchev–Trinajstić information content (AvgIpc) is 2.99. The molecule has 1 N–H and O–H groups in total. The summed E-state index contributed by atoms with van der Waals surface area (Å²) in [5.41, 5.74) is -0.176. The first-order chi connectivity index (χ1) is 9.27. The van der Waals surface area contributed by atoms with Gasteiger partial charge in [0.15, 0.2) is 0 Å². The number of carbonyl (C=O) groups excluding carboxylic acids is 1. The Morgan fingerprint density at radius 1 is 1.32 bits per heavy atom. The highest BCUT2D eigenvalue weighted by molar-refractivity contribution is 7.99. The number of nitrogens with one attached hydrogen (secondary N) is 1. The molecule has 0 aromatic carbocycles. The van der Waals surface area contributed by atoms with Gasteiger partial charge < -0.3 is 4.90 Å². The Balaban J connectivity index is 1.80. The third-order valence-corrected chi connectivity index (χ3v) is 6.07. The molecule has 1 amide bonds. The molecule has 1 spiro atoms. The fourth-order valence-corrected chi connectivity index (χ4v) is 5.13. The van der Waals surface area contributed by atoms with Gasteiger partial charge in [0, 0.05) is 6.04 Å². The van der Waals surface area contributed by atoms with E-state index in [1.165, 1.54) is 37.2 Å². The quantitative estimate of drug-likeness (QED) is 0.864. The lowest BCUT2D eigenvalue weighted by molar-refractivity contribution is -0.135. The van der Waals surface area contributed by atoms with Crippen LogP contribution in [0.5, 0.6) is 0 Å². The molecule has 4 heteroatoms. The first kappa shape index (κ1) is 13.7. The van der Waals surface area contributed by atoms with Crippen molar-refractivity contribution in [3.05, 3.63) is 0 Å². The predicted octanol–water partition coefficient (Wildman–Crippen LogP) is 2.75. The zero-order valence-electron chi connectivity index (χ0n) is 12.0. The van der Waals surface area contributed by atoms with E-state index < -0.39 is 0 Å². The van der Waals surface area contributed by atoms with Crippen LogP contribution in [-0.2, 0) is 4.79 Å². The van der Waals surface area contributed by atoms with Gasteiger partial charge >= 0.3 is 0 Å². The highest BCUT2D eigenvalue weighted by atomic mass is 32.2. The summed E-state index contributed by atoms with van der Waals surface area (Å²) < 4.78 is 0. The molecule has 3 fully saturated rings. The van der Waals surface area contributed by atoms with E-state index in [2.05, 4.69) is 17.1 Å². The average molecular weight is 282 g/mol. The summed E-state index contributed by atoms with van der Waals surface area (Å²) in [5, 5.41) is 3.73. The van der Waals surface area contributed by atoms with Crippen LogP contribution in [0, 0.1) is 0 Å². The molecule has 2 aliphatic heterocycles. The topological polar surface area (TPSA) is 32.3 Å². The van der Waals surface area contributed by atoms with Crippen molar-refractivity contribution >= 4 is 17.7 Å². The van der Waals surface area contributed by atoms with Crippen LogP contribution >= 0.6 is 11.8 Å². The van der Waals surface area contributed by atoms with E-state index >= 15 is 0 Å². The third kappa shape index (κ3) is 2.42. The molecule has 0 aromatic rings. The SMILES string of the molecule is CCCC1NC2(CCCC2)C(=O)N1C1CCSCC1. The van der Waals surface area contributed by atoms with Crippen molar-refractivity contribution in [2.24, 2.45) is 0 Å². The number of rotatable bonds is 3. The number of hydrogen-bond acceptors (Lipinski definition) is 3. The Morgan fingerprint density at radius 3 is 2.63 bits per heavy atom. The molecule has 3 nitrogen and oxygen atoms in total. The Labute approximate surface area is 120 Å². The van der Waals surface area contributed by atoms with Gasteiger partial charge in [-0.3, -0.25) is 10.1 Å². The van der Waals surface area contributed by atoms with Crippen LogP contribution in [0.15, 0.2) is 0 Å². The molecule has 2 heterocycles. The molecule has 1 unspecified atom stereocenters. The van der Waals surface area contributed by atoms with E-state index in [1.807, 2.05) is 11.8 Å². The second-order valence-electron chi connectivity index (χ2n) is 6.29. The van der Waals surface area contributed by atoms with E-state index in [1.54, 1.807) is 0 Å². The van der Waals surface area contributed by atoms with Crippen LogP contribution in [0.4, 0.5) is 0 Å². The van der Waals surface area contributed by atoms with E-state index in [0.717, 1.165) is 25.7 Å². The normalized spacial score (nSPS) is 31.5. The van der Waals surface area contributed by atoms with Gasteiger partial charge in [0.1, 0.15) is 0 Å². The van der Waals surface area contributed by atoms with Crippen LogP contribution in [0.3, 0.4) is 0 Å². The highest BCUT2D eigenvalue weighted by Crippen LogP contribution is 2.39. The van der Waals surface area contributed by atoms with Crippen LogP contribution in [0.2, 0.25) is 0 Å². The highest BCUT2D eigenvalue weighted by Gasteiger charge is 2.53. The fourth-order valence-electron chi connectivity index (χ4n) is 4.04. The van der Waals surface area contributed by atoms with Gasteiger partial charge in [0.25, 0.3) is 0 Å². The van der Waals surface area contributed by atoms with E-state index in [9.17, 15) is 4.79 Å². The second-order valence-corrected chi connectivity index (χ2v) is 7.52. The molecule has 3 rings (SSSR count). The maximum atomic E-state index is 13.0. The molecule has 1 atom stereocenters. The Bertz CT molecular complexity index is 335. The van der Waals surface area contributed by atoms with Gasteiger partial charge in [-0.2, -0.15) is 11.8 Å². The summed E-state index contributed by atoms with van der Waals surface area (Å²) in [7, 11) is 0. The predicted molar refractivity (Wildman–Crippen MR) is 80.2 cm³/mol. The zero-order valence-corrected chi connectivity index (χ0v) is 12.8. The molecule has 0 bridgehead atoms. The molecular weight excluding hydrogens is 256 g/mol. The van der Waals surface area contributed by atoms with Crippen molar-refractivity contribution in [2.75, 3.05) is 11.5 Å². The Kier molecular flexibility index (Phi) is 4.08. The standard InChI is InChI=1S/C15H26N2OS/c1-2-5-13-16-15(8-3-4-9-15)14(18)17(13)12-6-10-19-11-7-12/h12-13,16H,2-11H2,1H3. The summed E-state index contributed by atoms with van der Waals surface area (Å²) in [6.45, 7) is 2.22. The third-order valence-electron chi connectivity index (χ3n) is 5.03. The van der Waals surface area contributed by atoms with Gasteiger partial charge in [-0.15, -0.1) is 0 Å². The molecule has 1 saturated carbocycles. The number of hydrogen-bond donors (Lipinski definition) is 1. The van der Waals surface area contributed by atoms with Gasteiger partial charge in [-0.05, 0) is 43.6 Å². The molecule has 2 saturated heterocycles. The van der Waals surface area contributed by atoms with Crippen molar-refractivity contribution in [3.63, 3.8) is 0 Å². The lowest BCUT2D eigenvalue weighted by Crippen LogP contribution is -2.46. The molecule has 0 aromatic heterocycles. The first-order valence-electron chi connectivity index (χ1n) is 7.95. The van der Waals surface area contributed by atoms with Crippen LogP contribution in [0.1, 0.15) is 58.3 Å². The number of carbonyl (C=O) groups is 1. The molecular formula is C15H26N2OS. The lowest BCUT2D eigenvalue weighted by Gasteiger charge is -2.35. The van der Waals surface area contributed by atoms with Crippen LogP contribution in [-0.4, -0.2) is 40.1 Å². The zero-order chi connectivity index (χ0) is 13.3. The van der Waals surface area contributed by atoms with E-state index in [4.69, 9.17) is 0 Å². The minimum absolute atomic E-state index is 0.176. The molecule has 1 aliphatic carbocycles. The smallest absolute Gasteiger partial charge is 0.244 e. The van der Waals surface area contributed by atoms with E-state index in [-0.39, 0.29) is 5.54 Å². The van der Waals surface area contributed by atoms with Gasteiger partial charge in [0.05, 0.1) is 11.7 Å². The van der Waals surface area contributed by atoms with E-state index in [0.29, 0.717) is 18.1 Å². The molecule has 3 aliphatic rings. The van der Waals surface area contributed by atoms with Crippen molar-refractivity contribution in [2.45, 2.75) is 76.0 Å².